The average Bonchev–Trinajstić information content (AvgIpc) is 2.27. The van der Waals surface area contributed by atoms with Crippen LogP contribution in [0.15, 0.2) is 18.2 Å². The van der Waals surface area contributed by atoms with Gasteiger partial charge in [0.1, 0.15) is 0 Å². The van der Waals surface area contributed by atoms with E-state index in [-0.39, 0.29) is 0 Å². The summed E-state index contributed by atoms with van der Waals surface area (Å²) in [4.78, 5) is 0. The van der Waals surface area contributed by atoms with Crippen LogP contribution < -0.4 is 5.32 Å². The van der Waals surface area contributed by atoms with Crippen LogP contribution in [-0.4, -0.2) is 12.6 Å². The van der Waals surface area contributed by atoms with Gasteiger partial charge in [0.05, 0.1) is 0 Å². The molecule has 1 aliphatic rings. The number of nitrogens with one attached hydrogen (secondary N) is 1. The number of aryl methyl sites for hydroxylation is 2. The lowest BCUT2D eigenvalue weighted by atomic mass is 9.51. The van der Waals surface area contributed by atoms with Crippen molar-refractivity contribution < 1.29 is 0 Å². The molecule has 1 saturated carbocycles. The summed E-state index contributed by atoms with van der Waals surface area (Å²) in [5.41, 5.74) is 5.20. The van der Waals surface area contributed by atoms with Crippen molar-refractivity contribution in [3.63, 3.8) is 0 Å². The molecule has 0 heterocycles. The van der Waals surface area contributed by atoms with E-state index in [1.165, 1.54) is 29.5 Å². The van der Waals surface area contributed by atoms with Crippen LogP contribution in [0.25, 0.3) is 0 Å². The quantitative estimate of drug-likeness (QED) is 0.847. The molecule has 0 radical (unpaired) electrons. The lowest BCUT2D eigenvalue weighted by Gasteiger charge is -2.54. The summed E-state index contributed by atoms with van der Waals surface area (Å²) in [7, 11) is 0. The molecule has 0 spiro atoms. The van der Waals surface area contributed by atoms with Crippen molar-refractivity contribution in [3.05, 3.63) is 34.9 Å². The highest BCUT2D eigenvalue weighted by molar-refractivity contribution is 5.37. The molecule has 0 atom stereocenters. The van der Waals surface area contributed by atoms with E-state index in [0.29, 0.717) is 16.9 Å². The fraction of sp³-hybridized carbons (Fsp3) is 0.667. The molecule has 1 nitrogen and oxygen atoms in total. The molecule has 1 aromatic carbocycles. The van der Waals surface area contributed by atoms with E-state index in [1.807, 2.05) is 0 Å². The Morgan fingerprint density at radius 1 is 1.11 bits per heavy atom. The molecule has 0 bridgehead atoms. The van der Waals surface area contributed by atoms with E-state index >= 15 is 0 Å². The summed E-state index contributed by atoms with van der Waals surface area (Å²) in [6, 6.07) is 7.60. The maximum absolute atomic E-state index is 3.66. The van der Waals surface area contributed by atoms with E-state index in [9.17, 15) is 0 Å². The first-order chi connectivity index (χ1) is 8.74. The molecule has 106 valence electrons. The Bertz CT molecular complexity index is 449. The fourth-order valence-electron chi connectivity index (χ4n) is 3.68. The van der Waals surface area contributed by atoms with Crippen LogP contribution in [0.3, 0.4) is 0 Å². The largest absolute Gasteiger partial charge is 0.314 e. The van der Waals surface area contributed by atoms with E-state index < -0.39 is 0 Å². The van der Waals surface area contributed by atoms with Crippen LogP contribution in [-0.2, 0) is 5.41 Å². The lowest BCUT2D eigenvalue weighted by Crippen LogP contribution is -2.53. The molecular formula is C18H29N. The first-order valence-corrected chi connectivity index (χ1v) is 7.55. The predicted octanol–water partition coefficient (Wildman–Crippen LogP) is 4.36. The number of benzene rings is 1. The number of hydrogen-bond acceptors (Lipinski definition) is 1. The fourth-order valence-corrected chi connectivity index (χ4v) is 3.68. The number of rotatable bonds is 4. The van der Waals surface area contributed by atoms with Gasteiger partial charge >= 0.3 is 0 Å². The van der Waals surface area contributed by atoms with Gasteiger partial charge in [-0.3, -0.25) is 0 Å². The Morgan fingerprint density at radius 3 is 2.21 bits per heavy atom. The minimum absolute atomic E-state index is 0.353. The highest BCUT2D eigenvalue weighted by Gasteiger charge is 2.49. The van der Waals surface area contributed by atoms with Gasteiger partial charge in [0.2, 0.25) is 0 Å². The summed E-state index contributed by atoms with van der Waals surface area (Å²) < 4.78 is 0. The highest BCUT2D eigenvalue weighted by Crippen LogP contribution is 2.55. The normalized spacial score (nSPS) is 20.4. The van der Waals surface area contributed by atoms with Crippen molar-refractivity contribution in [2.24, 2.45) is 5.41 Å². The topological polar surface area (TPSA) is 12.0 Å². The van der Waals surface area contributed by atoms with Crippen LogP contribution in [0.1, 0.15) is 57.2 Å². The Morgan fingerprint density at radius 2 is 1.74 bits per heavy atom. The van der Waals surface area contributed by atoms with E-state index in [1.54, 1.807) is 0 Å². The van der Waals surface area contributed by atoms with Gasteiger partial charge in [-0.15, -0.1) is 0 Å². The van der Waals surface area contributed by atoms with Crippen molar-refractivity contribution in [1.82, 2.24) is 5.32 Å². The molecule has 0 aromatic heterocycles. The molecule has 0 unspecified atom stereocenters. The zero-order valence-corrected chi connectivity index (χ0v) is 13.4. The molecule has 0 amide bonds. The second-order valence-corrected chi connectivity index (χ2v) is 7.63. The third-order valence-electron chi connectivity index (χ3n) is 4.60. The van der Waals surface area contributed by atoms with Gasteiger partial charge in [-0.1, -0.05) is 45.9 Å². The Labute approximate surface area is 118 Å². The Hall–Kier alpha value is -0.820. The zero-order chi connectivity index (χ0) is 14.3. The van der Waals surface area contributed by atoms with Crippen LogP contribution in [0.4, 0.5) is 0 Å². The second kappa shape index (κ2) is 4.94. The standard InChI is InChI=1S/C18H29N/c1-13(2)19-12-18(10-17(5,6)11-18)16-8-7-14(3)15(4)9-16/h7-9,13,19H,10-12H2,1-6H3. The Kier molecular flexibility index (Phi) is 3.79. The predicted molar refractivity (Wildman–Crippen MR) is 83.7 cm³/mol. The lowest BCUT2D eigenvalue weighted by molar-refractivity contribution is 0.0547. The van der Waals surface area contributed by atoms with Gasteiger partial charge in [-0.05, 0) is 48.8 Å². The molecule has 19 heavy (non-hydrogen) atoms. The van der Waals surface area contributed by atoms with Crippen molar-refractivity contribution in [3.8, 4) is 0 Å². The first kappa shape index (κ1) is 14.6. The smallest absolute Gasteiger partial charge is 0.00881 e. The molecule has 1 fully saturated rings. The summed E-state index contributed by atoms with van der Waals surface area (Å²) in [6.07, 6.45) is 2.59. The van der Waals surface area contributed by atoms with Crippen LogP contribution in [0.5, 0.6) is 0 Å². The van der Waals surface area contributed by atoms with Gasteiger partial charge < -0.3 is 5.32 Å². The van der Waals surface area contributed by atoms with Crippen molar-refractivity contribution in [2.45, 2.75) is 65.8 Å². The molecule has 2 rings (SSSR count). The summed E-state index contributed by atoms with van der Waals surface area (Å²) in [6.45, 7) is 14.8. The SMILES string of the molecule is Cc1ccc(C2(CNC(C)C)CC(C)(C)C2)cc1C. The van der Waals surface area contributed by atoms with E-state index in [2.05, 4.69) is 65.1 Å². The molecule has 1 aromatic rings. The minimum atomic E-state index is 0.353. The van der Waals surface area contributed by atoms with Crippen LogP contribution in [0, 0.1) is 19.3 Å². The molecule has 1 aliphatic carbocycles. The highest BCUT2D eigenvalue weighted by atomic mass is 14.9. The Balaban J connectivity index is 2.25. The maximum atomic E-state index is 3.66. The number of hydrogen-bond donors (Lipinski definition) is 1. The molecular weight excluding hydrogens is 230 g/mol. The van der Waals surface area contributed by atoms with Gasteiger partial charge in [-0.25, -0.2) is 0 Å². The average molecular weight is 259 g/mol. The molecule has 1 N–H and O–H groups in total. The van der Waals surface area contributed by atoms with Gasteiger partial charge in [0.15, 0.2) is 0 Å². The van der Waals surface area contributed by atoms with Gasteiger partial charge in [0.25, 0.3) is 0 Å². The van der Waals surface area contributed by atoms with Crippen molar-refractivity contribution in [2.75, 3.05) is 6.54 Å². The second-order valence-electron chi connectivity index (χ2n) is 7.63. The summed E-state index contributed by atoms with van der Waals surface area (Å²) in [5.74, 6) is 0. The molecule has 0 saturated heterocycles. The minimum Gasteiger partial charge on any atom is -0.314 e. The zero-order valence-electron chi connectivity index (χ0n) is 13.4. The van der Waals surface area contributed by atoms with Gasteiger partial charge in [0, 0.05) is 18.0 Å². The van der Waals surface area contributed by atoms with Crippen molar-refractivity contribution in [1.29, 1.82) is 0 Å². The van der Waals surface area contributed by atoms with Crippen LogP contribution in [0.2, 0.25) is 0 Å². The van der Waals surface area contributed by atoms with E-state index in [4.69, 9.17) is 0 Å². The third kappa shape index (κ3) is 3.02. The van der Waals surface area contributed by atoms with Crippen LogP contribution >= 0.6 is 0 Å². The van der Waals surface area contributed by atoms with Gasteiger partial charge in [-0.2, -0.15) is 0 Å². The molecule has 0 aliphatic heterocycles. The first-order valence-electron chi connectivity index (χ1n) is 7.55. The van der Waals surface area contributed by atoms with E-state index in [0.717, 1.165) is 6.54 Å². The maximum Gasteiger partial charge on any atom is 0.00881 e. The third-order valence-corrected chi connectivity index (χ3v) is 4.60. The summed E-state index contributed by atoms with van der Waals surface area (Å²) >= 11 is 0. The molecule has 1 heteroatoms. The van der Waals surface area contributed by atoms with Crippen molar-refractivity contribution >= 4 is 0 Å². The summed E-state index contributed by atoms with van der Waals surface area (Å²) in [5, 5.41) is 3.66. The monoisotopic (exact) mass is 259 g/mol.